The van der Waals surface area contributed by atoms with Gasteiger partial charge in [-0.1, -0.05) is 24.3 Å². The van der Waals surface area contributed by atoms with Crippen LogP contribution in [0.3, 0.4) is 0 Å². The third-order valence-electron chi connectivity index (χ3n) is 2.70. The molecule has 0 saturated heterocycles. The Kier molecular flexibility index (Phi) is 5.44. The first-order valence-corrected chi connectivity index (χ1v) is 6.58. The molecule has 0 aliphatic rings. The van der Waals surface area contributed by atoms with Gasteiger partial charge in [-0.3, -0.25) is 0 Å². The zero-order valence-electron chi connectivity index (χ0n) is 12.1. The number of hydrogen-bond donors (Lipinski definition) is 2. The Hall–Kier alpha value is -3.90. The number of rotatable bonds is 2. The van der Waals surface area contributed by atoms with Crippen LogP contribution in [0.1, 0.15) is 20.7 Å². The standard InChI is InChI=1S/C18H10O6/c19-15-9-3-1-7-13(15)17(21)23-11-5-6-12-24-18(22)14-8-2-4-10-16(14)20/h1-4,7-10,19-20H. The van der Waals surface area contributed by atoms with Gasteiger partial charge in [0.25, 0.3) is 0 Å². The summed E-state index contributed by atoms with van der Waals surface area (Å²) in [6.07, 6.45) is 4.02. The van der Waals surface area contributed by atoms with Crippen LogP contribution in [0, 0.1) is 24.1 Å². The van der Waals surface area contributed by atoms with Crippen molar-refractivity contribution in [1.82, 2.24) is 0 Å². The van der Waals surface area contributed by atoms with E-state index >= 15 is 0 Å². The number of carbonyl (C=O) groups is 2. The molecule has 2 aromatic carbocycles. The monoisotopic (exact) mass is 322 g/mol. The van der Waals surface area contributed by atoms with Gasteiger partial charge in [-0.15, -0.1) is 0 Å². The van der Waals surface area contributed by atoms with Gasteiger partial charge in [0.15, 0.2) is 0 Å². The maximum atomic E-state index is 11.6. The van der Waals surface area contributed by atoms with Gasteiger partial charge in [0.2, 0.25) is 0 Å². The summed E-state index contributed by atoms with van der Waals surface area (Å²) in [4.78, 5) is 23.2. The fraction of sp³-hybridized carbons (Fsp3) is 0. The molecule has 0 bridgehead atoms. The number of carbonyl (C=O) groups excluding carboxylic acids is 2. The van der Waals surface area contributed by atoms with E-state index in [0.717, 1.165) is 0 Å². The number of para-hydroxylation sites is 2. The van der Waals surface area contributed by atoms with Gasteiger partial charge in [-0.05, 0) is 24.3 Å². The predicted octanol–water partition coefficient (Wildman–Crippen LogP) is 2.03. The van der Waals surface area contributed by atoms with Crippen molar-refractivity contribution in [3.8, 4) is 35.6 Å². The lowest BCUT2D eigenvalue weighted by Crippen LogP contribution is -2.01. The lowest BCUT2D eigenvalue weighted by Gasteiger charge is -1.99. The normalized spacial score (nSPS) is 8.83. The Morgan fingerprint density at radius 1 is 0.708 bits per heavy atom. The Labute approximate surface area is 137 Å². The van der Waals surface area contributed by atoms with Crippen LogP contribution in [0.4, 0.5) is 0 Å². The van der Waals surface area contributed by atoms with Crippen LogP contribution in [0.2, 0.25) is 0 Å². The molecule has 0 aromatic heterocycles. The minimum atomic E-state index is -0.839. The highest BCUT2D eigenvalue weighted by Gasteiger charge is 2.11. The second-order valence-corrected chi connectivity index (χ2v) is 4.27. The molecule has 2 N–H and O–H groups in total. The van der Waals surface area contributed by atoms with Crippen LogP contribution in [-0.4, -0.2) is 22.2 Å². The molecule has 0 atom stereocenters. The summed E-state index contributed by atoms with van der Waals surface area (Å²) in [6, 6.07) is 11.6. The molecule has 0 aliphatic heterocycles. The number of phenolic OH excluding ortho intramolecular Hbond substituents is 2. The average molecular weight is 322 g/mol. The first-order valence-electron chi connectivity index (χ1n) is 6.58. The molecular formula is C18H10O6. The van der Waals surface area contributed by atoms with Crippen molar-refractivity contribution in [3.05, 3.63) is 59.7 Å². The summed E-state index contributed by atoms with van der Waals surface area (Å²) in [7, 11) is 0. The summed E-state index contributed by atoms with van der Waals surface area (Å²) >= 11 is 0. The third-order valence-corrected chi connectivity index (χ3v) is 2.70. The highest BCUT2D eigenvalue weighted by atomic mass is 16.5. The average Bonchev–Trinajstić information content (AvgIpc) is 2.58. The number of phenols is 2. The summed E-state index contributed by atoms with van der Waals surface area (Å²) in [6.45, 7) is 0. The smallest absolute Gasteiger partial charge is 0.355 e. The fourth-order valence-electron chi connectivity index (χ4n) is 1.60. The van der Waals surface area contributed by atoms with Gasteiger partial charge in [0.1, 0.15) is 34.8 Å². The molecule has 6 heteroatoms. The summed E-state index contributed by atoms with van der Waals surface area (Å²) < 4.78 is 9.15. The van der Waals surface area contributed by atoms with Crippen molar-refractivity contribution in [2.75, 3.05) is 0 Å². The van der Waals surface area contributed by atoms with Gasteiger partial charge in [0.05, 0.1) is 0 Å². The molecule has 0 fully saturated rings. The Morgan fingerprint density at radius 3 is 1.46 bits per heavy atom. The molecule has 0 saturated carbocycles. The van der Waals surface area contributed by atoms with E-state index in [4.69, 9.17) is 0 Å². The molecule has 118 valence electrons. The third kappa shape index (κ3) is 4.30. The number of ether oxygens (including phenoxy) is 2. The number of benzene rings is 2. The van der Waals surface area contributed by atoms with E-state index in [0.29, 0.717) is 0 Å². The van der Waals surface area contributed by atoms with Crippen LogP contribution in [0.15, 0.2) is 48.5 Å². The van der Waals surface area contributed by atoms with Crippen molar-refractivity contribution in [2.24, 2.45) is 0 Å². The minimum absolute atomic E-state index is 0.0364. The molecule has 0 spiro atoms. The van der Waals surface area contributed by atoms with Crippen molar-refractivity contribution < 1.29 is 29.3 Å². The van der Waals surface area contributed by atoms with Gasteiger partial charge in [-0.2, -0.15) is 0 Å². The van der Waals surface area contributed by atoms with E-state index in [1.54, 1.807) is 24.3 Å². The molecule has 0 unspecified atom stereocenters. The highest BCUT2D eigenvalue weighted by molar-refractivity contribution is 5.93. The van der Waals surface area contributed by atoms with Gasteiger partial charge in [0, 0.05) is 11.8 Å². The van der Waals surface area contributed by atoms with Crippen molar-refractivity contribution in [1.29, 1.82) is 0 Å². The largest absolute Gasteiger partial charge is 0.507 e. The second-order valence-electron chi connectivity index (χ2n) is 4.27. The number of esters is 2. The summed E-state index contributed by atoms with van der Waals surface area (Å²) in [5.41, 5.74) is -0.0727. The maximum absolute atomic E-state index is 11.6. The van der Waals surface area contributed by atoms with Crippen molar-refractivity contribution in [3.63, 3.8) is 0 Å². The maximum Gasteiger partial charge on any atom is 0.355 e. The molecule has 0 heterocycles. The van der Waals surface area contributed by atoms with Gasteiger partial charge >= 0.3 is 11.9 Å². The Morgan fingerprint density at radius 2 is 1.08 bits per heavy atom. The molecule has 6 nitrogen and oxygen atoms in total. The van der Waals surface area contributed by atoms with Crippen LogP contribution < -0.4 is 0 Å². The molecule has 0 radical (unpaired) electrons. The van der Waals surface area contributed by atoms with E-state index in [9.17, 15) is 19.8 Å². The number of aromatic hydroxyl groups is 2. The van der Waals surface area contributed by atoms with E-state index < -0.39 is 11.9 Å². The first kappa shape index (κ1) is 16.5. The molecule has 0 amide bonds. The SMILES string of the molecule is O=C(OC#CC#COC(=O)c1ccccc1O)c1ccccc1O. The highest BCUT2D eigenvalue weighted by Crippen LogP contribution is 2.16. The second kappa shape index (κ2) is 7.92. The van der Waals surface area contributed by atoms with E-state index in [1.807, 2.05) is 12.2 Å². The summed E-state index contributed by atoms with van der Waals surface area (Å²) in [5.74, 6) is 2.17. The van der Waals surface area contributed by atoms with Crippen molar-refractivity contribution >= 4 is 11.9 Å². The number of hydrogen-bond acceptors (Lipinski definition) is 6. The Bertz CT molecular complexity index is 817. The van der Waals surface area contributed by atoms with Crippen molar-refractivity contribution in [2.45, 2.75) is 0 Å². The molecule has 24 heavy (non-hydrogen) atoms. The zero-order chi connectivity index (χ0) is 17.4. The van der Waals surface area contributed by atoms with Gasteiger partial charge in [-0.25, -0.2) is 9.59 Å². The van der Waals surface area contributed by atoms with Crippen LogP contribution >= 0.6 is 0 Å². The quantitative estimate of drug-likeness (QED) is 0.649. The minimum Gasteiger partial charge on any atom is -0.507 e. The van der Waals surface area contributed by atoms with Crippen LogP contribution in [-0.2, 0) is 9.47 Å². The topological polar surface area (TPSA) is 93.1 Å². The van der Waals surface area contributed by atoms with Gasteiger partial charge < -0.3 is 19.7 Å². The molecule has 0 aliphatic carbocycles. The lowest BCUT2D eigenvalue weighted by molar-refractivity contribution is 0.0676. The zero-order valence-corrected chi connectivity index (χ0v) is 12.1. The van der Waals surface area contributed by atoms with Crippen LogP contribution in [0.25, 0.3) is 0 Å². The molecule has 2 aromatic rings. The van der Waals surface area contributed by atoms with E-state index in [2.05, 4.69) is 21.3 Å². The first-order chi connectivity index (χ1) is 11.6. The predicted molar refractivity (Wildman–Crippen MR) is 82.6 cm³/mol. The summed E-state index contributed by atoms with van der Waals surface area (Å²) in [5, 5.41) is 18.9. The van der Waals surface area contributed by atoms with E-state index in [1.165, 1.54) is 24.3 Å². The molecular weight excluding hydrogens is 312 g/mol. The van der Waals surface area contributed by atoms with E-state index in [-0.39, 0.29) is 22.6 Å². The lowest BCUT2D eigenvalue weighted by atomic mass is 10.2. The Balaban J connectivity index is 1.90. The fourth-order valence-corrected chi connectivity index (χ4v) is 1.60. The van der Waals surface area contributed by atoms with Crippen LogP contribution in [0.5, 0.6) is 11.5 Å². The molecule has 2 rings (SSSR count).